The normalized spacial score (nSPS) is 14.9. The number of anilines is 2. The second kappa shape index (κ2) is 13.3. The molecule has 1 aromatic heterocycles. The highest BCUT2D eigenvalue weighted by Gasteiger charge is 2.34. The second-order valence-corrected chi connectivity index (χ2v) is 11.1. The van der Waals surface area contributed by atoms with Crippen LogP contribution in [-0.2, 0) is 27.4 Å². The molecule has 0 spiro atoms. The highest BCUT2D eigenvalue weighted by atomic mass is 16.6. The first-order valence-corrected chi connectivity index (χ1v) is 15.4. The summed E-state index contributed by atoms with van der Waals surface area (Å²) in [5, 5.41) is 11.6. The van der Waals surface area contributed by atoms with E-state index in [1.807, 2.05) is 78.9 Å². The number of morpholine rings is 1. The van der Waals surface area contributed by atoms with Crippen molar-refractivity contribution in [2.45, 2.75) is 19.1 Å². The number of ether oxygens (including phenoxy) is 3. The third kappa shape index (κ3) is 6.22. The van der Waals surface area contributed by atoms with Gasteiger partial charge >= 0.3 is 0 Å². The summed E-state index contributed by atoms with van der Waals surface area (Å²) in [7, 11) is 0. The predicted octanol–water partition coefficient (Wildman–Crippen LogP) is 4.13. The summed E-state index contributed by atoms with van der Waals surface area (Å²) < 4.78 is 18.7. The summed E-state index contributed by atoms with van der Waals surface area (Å²) in [6.45, 7) is 3.89. The average molecular weight is 619 g/mol. The summed E-state index contributed by atoms with van der Waals surface area (Å²) >= 11 is 0. The van der Waals surface area contributed by atoms with Gasteiger partial charge in [-0.3, -0.25) is 14.5 Å². The fraction of sp³-hybridized carbons (Fsp3) is 0.257. The Morgan fingerprint density at radius 2 is 1.57 bits per heavy atom. The van der Waals surface area contributed by atoms with E-state index >= 15 is 0 Å². The predicted molar refractivity (Wildman–Crippen MR) is 173 cm³/mol. The van der Waals surface area contributed by atoms with Crippen LogP contribution in [0.2, 0.25) is 0 Å². The van der Waals surface area contributed by atoms with Crippen molar-refractivity contribution in [1.29, 1.82) is 0 Å². The Kier molecular flexibility index (Phi) is 8.46. The van der Waals surface area contributed by atoms with Crippen LogP contribution in [0.1, 0.15) is 17.2 Å². The van der Waals surface area contributed by atoms with E-state index < -0.39 is 6.04 Å². The standard InChI is InChI=1S/C35H34N6O5/c42-33(24-40-30-9-5-4-8-29(30)37-38-40)41(28-14-15-31-32(22-28)46-21-20-45-31)34(35(43)36-23-25-6-2-1-3-7-25)26-10-12-27(13-11-26)39-16-18-44-19-17-39/h1-15,22,34H,16-21,23-24H2,(H,36,43)/t34-/m0/s1. The van der Waals surface area contributed by atoms with Crippen LogP contribution in [0.15, 0.2) is 97.1 Å². The van der Waals surface area contributed by atoms with Crippen molar-refractivity contribution in [3.05, 3.63) is 108 Å². The number of rotatable bonds is 9. The zero-order valence-corrected chi connectivity index (χ0v) is 25.2. The lowest BCUT2D eigenvalue weighted by atomic mass is 10.0. The number of nitrogens with one attached hydrogen (secondary N) is 1. The number of hydrogen-bond acceptors (Lipinski definition) is 8. The maximum absolute atomic E-state index is 14.5. The molecule has 2 amide bonds. The Balaban J connectivity index is 1.29. The molecule has 5 aromatic rings. The number of fused-ring (bicyclic) bond motifs is 2. The van der Waals surface area contributed by atoms with Crippen LogP contribution in [-0.4, -0.2) is 66.3 Å². The Bertz CT molecular complexity index is 1820. The molecule has 234 valence electrons. The number of amides is 2. The molecular formula is C35H34N6O5. The monoisotopic (exact) mass is 618 g/mol. The fourth-order valence-electron chi connectivity index (χ4n) is 5.85. The van der Waals surface area contributed by atoms with E-state index in [4.69, 9.17) is 14.2 Å². The number of hydrogen-bond donors (Lipinski definition) is 1. The number of benzene rings is 4. The van der Waals surface area contributed by atoms with Crippen LogP contribution in [0.4, 0.5) is 11.4 Å². The van der Waals surface area contributed by atoms with E-state index in [1.165, 1.54) is 4.90 Å². The lowest BCUT2D eigenvalue weighted by molar-refractivity contribution is -0.127. The minimum Gasteiger partial charge on any atom is -0.486 e. The summed E-state index contributed by atoms with van der Waals surface area (Å²) in [4.78, 5) is 32.6. The molecule has 2 aliphatic rings. The first-order valence-electron chi connectivity index (χ1n) is 15.4. The van der Waals surface area contributed by atoms with Crippen LogP contribution in [0.3, 0.4) is 0 Å². The number of nitrogens with zero attached hydrogens (tertiary/aromatic N) is 5. The van der Waals surface area contributed by atoms with E-state index in [1.54, 1.807) is 22.9 Å². The van der Waals surface area contributed by atoms with E-state index in [2.05, 4.69) is 20.5 Å². The maximum Gasteiger partial charge on any atom is 0.249 e. The Morgan fingerprint density at radius 1 is 0.826 bits per heavy atom. The number of para-hydroxylation sites is 1. The third-order valence-corrected chi connectivity index (χ3v) is 8.18. The molecule has 11 nitrogen and oxygen atoms in total. The van der Waals surface area contributed by atoms with Crippen molar-refractivity contribution < 1.29 is 23.8 Å². The molecule has 0 aliphatic carbocycles. The zero-order valence-electron chi connectivity index (χ0n) is 25.2. The SMILES string of the molecule is O=C(NCc1ccccc1)[C@H](c1ccc(N2CCOCC2)cc1)N(C(=O)Cn1nnc2ccccc21)c1ccc2c(c1)OCCO2. The van der Waals surface area contributed by atoms with Crippen LogP contribution < -0.4 is 24.6 Å². The quantitative estimate of drug-likeness (QED) is 0.263. The minimum absolute atomic E-state index is 0.136. The maximum atomic E-state index is 14.5. The van der Waals surface area contributed by atoms with Crippen molar-refractivity contribution >= 4 is 34.2 Å². The molecule has 1 fully saturated rings. The van der Waals surface area contributed by atoms with Gasteiger partial charge in [-0.15, -0.1) is 5.10 Å². The molecule has 0 unspecified atom stereocenters. The van der Waals surface area contributed by atoms with Crippen molar-refractivity contribution in [3.8, 4) is 11.5 Å². The lowest BCUT2D eigenvalue weighted by Crippen LogP contribution is -2.45. The molecule has 0 radical (unpaired) electrons. The highest BCUT2D eigenvalue weighted by Crippen LogP contribution is 2.37. The van der Waals surface area contributed by atoms with E-state index in [9.17, 15) is 9.59 Å². The van der Waals surface area contributed by atoms with Gasteiger partial charge in [-0.2, -0.15) is 0 Å². The topological polar surface area (TPSA) is 111 Å². The van der Waals surface area contributed by atoms with E-state index in [0.717, 1.165) is 29.9 Å². The van der Waals surface area contributed by atoms with Crippen molar-refractivity contribution in [2.24, 2.45) is 0 Å². The molecule has 0 saturated carbocycles. The van der Waals surface area contributed by atoms with Gasteiger partial charge in [-0.1, -0.05) is 59.8 Å². The van der Waals surface area contributed by atoms with Crippen LogP contribution in [0.25, 0.3) is 11.0 Å². The summed E-state index contributed by atoms with van der Waals surface area (Å²) in [5.74, 6) is 0.433. The largest absolute Gasteiger partial charge is 0.486 e. The van der Waals surface area contributed by atoms with Gasteiger partial charge < -0.3 is 24.4 Å². The Labute approximate surface area is 266 Å². The molecular weight excluding hydrogens is 584 g/mol. The minimum atomic E-state index is -1.01. The summed E-state index contributed by atoms with van der Waals surface area (Å²) in [6.07, 6.45) is 0. The first-order chi connectivity index (χ1) is 22.6. The molecule has 0 bridgehead atoms. The van der Waals surface area contributed by atoms with Crippen molar-refractivity contribution in [3.63, 3.8) is 0 Å². The fourth-order valence-corrected chi connectivity index (χ4v) is 5.85. The average Bonchev–Trinajstić information content (AvgIpc) is 3.52. The lowest BCUT2D eigenvalue weighted by Gasteiger charge is -2.33. The zero-order chi connectivity index (χ0) is 31.3. The molecule has 1 atom stereocenters. The van der Waals surface area contributed by atoms with Gasteiger partial charge in [0, 0.05) is 37.1 Å². The number of carbonyl (C=O) groups is 2. The first kappa shape index (κ1) is 29.3. The second-order valence-electron chi connectivity index (χ2n) is 11.1. The van der Waals surface area contributed by atoms with Crippen LogP contribution in [0.5, 0.6) is 11.5 Å². The smallest absolute Gasteiger partial charge is 0.249 e. The third-order valence-electron chi connectivity index (χ3n) is 8.18. The molecule has 3 heterocycles. The van der Waals surface area contributed by atoms with Crippen molar-refractivity contribution in [1.82, 2.24) is 20.3 Å². The van der Waals surface area contributed by atoms with Gasteiger partial charge in [0.1, 0.15) is 31.3 Å². The summed E-state index contributed by atoms with van der Waals surface area (Å²) in [6, 6.07) is 29.3. The molecule has 4 aromatic carbocycles. The van der Waals surface area contributed by atoms with Gasteiger partial charge in [0.25, 0.3) is 0 Å². The van der Waals surface area contributed by atoms with Gasteiger partial charge in [-0.25, -0.2) is 4.68 Å². The van der Waals surface area contributed by atoms with Gasteiger partial charge in [0.05, 0.1) is 18.7 Å². The molecule has 1 saturated heterocycles. The summed E-state index contributed by atoms with van der Waals surface area (Å²) in [5.41, 5.74) is 4.53. The number of aromatic nitrogens is 3. The van der Waals surface area contributed by atoms with Crippen molar-refractivity contribution in [2.75, 3.05) is 49.3 Å². The Morgan fingerprint density at radius 3 is 2.37 bits per heavy atom. The molecule has 11 heteroatoms. The van der Waals surface area contributed by atoms with Gasteiger partial charge in [0.2, 0.25) is 11.8 Å². The van der Waals surface area contributed by atoms with E-state index in [0.29, 0.717) is 61.2 Å². The molecule has 1 N–H and O–H groups in total. The van der Waals surface area contributed by atoms with Crippen LogP contribution in [0, 0.1) is 0 Å². The van der Waals surface area contributed by atoms with Gasteiger partial charge in [0.15, 0.2) is 11.5 Å². The van der Waals surface area contributed by atoms with E-state index in [-0.39, 0.29) is 18.4 Å². The molecule has 46 heavy (non-hydrogen) atoms. The molecule has 2 aliphatic heterocycles. The Hall–Kier alpha value is -5.42. The van der Waals surface area contributed by atoms with Crippen LogP contribution >= 0.6 is 0 Å². The number of carbonyl (C=O) groups excluding carboxylic acids is 2. The highest BCUT2D eigenvalue weighted by molar-refractivity contribution is 6.02. The molecule has 7 rings (SSSR count). The van der Waals surface area contributed by atoms with Gasteiger partial charge in [-0.05, 0) is 47.5 Å².